The average Bonchev–Trinajstić information content (AvgIpc) is 2.84. The van der Waals surface area contributed by atoms with Crippen molar-refractivity contribution in [3.8, 4) is 23.0 Å². The fraction of sp³-hybridized carbons (Fsp3) is 0.231. The predicted molar refractivity (Wildman–Crippen MR) is 124 cm³/mol. The third kappa shape index (κ3) is 6.49. The minimum atomic E-state index is -0.464. The maximum atomic E-state index is 12.4. The van der Waals surface area contributed by atoms with E-state index in [0.29, 0.717) is 41.5 Å². The average molecular weight is 450 g/mol. The number of rotatable bonds is 10. The lowest BCUT2D eigenvalue weighted by atomic mass is 10.1. The highest BCUT2D eigenvalue weighted by Gasteiger charge is 2.13. The van der Waals surface area contributed by atoms with E-state index in [4.69, 9.17) is 18.9 Å². The molecule has 0 bridgehead atoms. The summed E-state index contributed by atoms with van der Waals surface area (Å²) in [5, 5.41) is 2.91. The second-order valence-electron chi connectivity index (χ2n) is 7.21. The van der Waals surface area contributed by atoms with Gasteiger partial charge in [-0.25, -0.2) is 4.79 Å². The maximum Gasteiger partial charge on any atom is 0.343 e. The summed E-state index contributed by atoms with van der Waals surface area (Å²) >= 11 is 0. The number of esters is 1. The van der Waals surface area contributed by atoms with Crippen LogP contribution in [0.2, 0.25) is 0 Å². The van der Waals surface area contributed by atoms with Crippen LogP contribution in [0.1, 0.15) is 21.5 Å². The normalized spacial score (nSPS) is 10.3. The molecule has 1 N–H and O–H groups in total. The van der Waals surface area contributed by atoms with Gasteiger partial charge in [0.2, 0.25) is 5.91 Å². The number of methoxy groups -OCH3 is 3. The molecule has 3 rings (SSSR count). The van der Waals surface area contributed by atoms with Gasteiger partial charge in [0.25, 0.3) is 0 Å². The number of amides is 1. The number of hydrogen-bond acceptors (Lipinski definition) is 6. The molecule has 0 heterocycles. The summed E-state index contributed by atoms with van der Waals surface area (Å²) in [5.41, 5.74) is 2.18. The Balaban J connectivity index is 1.57. The van der Waals surface area contributed by atoms with Crippen molar-refractivity contribution in [2.24, 2.45) is 0 Å². The van der Waals surface area contributed by atoms with Crippen LogP contribution in [-0.2, 0) is 17.6 Å². The molecule has 7 nitrogen and oxygen atoms in total. The third-order valence-corrected chi connectivity index (χ3v) is 4.99. The molecule has 7 heteroatoms. The van der Waals surface area contributed by atoms with Gasteiger partial charge in [0.15, 0.2) is 23.0 Å². The van der Waals surface area contributed by atoms with Gasteiger partial charge in [-0.1, -0.05) is 30.3 Å². The molecule has 0 aliphatic carbocycles. The van der Waals surface area contributed by atoms with Crippen molar-refractivity contribution < 1.29 is 28.5 Å². The fourth-order valence-electron chi connectivity index (χ4n) is 3.27. The standard InChI is InChI=1S/C26H27NO6/c1-30-21-12-10-19(16-23(21)32-3)17-25(28)27-14-13-18-9-11-22(31-2)24(15-18)33-26(29)20-7-5-4-6-8-20/h4-12,15-16H,13-14,17H2,1-3H3,(H,27,28). The minimum absolute atomic E-state index is 0.105. The lowest BCUT2D eigenvalue weighted by Crippen LogP contribution is -2.27. The molecule has 0 saturated heterocycles. The number of ether oxygens (including phenoxy) is 4. The van der Waals surface area contributed by atoms with Crippen LogP contribution in [-0.4, -0.2) is 39.8 Å². The van der Waals surface area contributed by atoms with Crippen LogP contribution >= 0.6 is 0 Å². The molecule has 0 fully saturated rings. The number of carbonyl (C=O) groups is 2. The van der Waals surface area contributed by atoms with Crippen molar-refractivity contribution in [3.05, 3.63) is 83.4 Å². The zero-order chi connectivity index (χ0) is 23.6. The van der Waals surface area contributed by atoms with Crippen molar-refractivity contribution in [1.29, 1.82) is 0 Å². The lowest BCUT2D eigenvalue weighted by molar-refractivity contribution is -0.120. The van der Waals surface area contributed by atoms with Gasteiger partial charge in [-0.3, -0.25) is 4.79 Å². The zero-order valence-corrected chi connectivity index (χ0v) is 18.9. The molecule has 0 saturated carbocycles. The largest absolute Gasteiger partial charge is 0.493 e. The summed E-state index contributed by atoms with van der Waals surface area (Å²) in [6, 6.07) is 19.5. The first kappa shape index (κ1) is 23.7. The summed E-state index contributed by atoms with van der Waals surface area (Å²) in [4.78, 5) is 24.8. The highest BCUT2D eigenvalue weighted by molar-refractivity contribution is 5.91. The molecule has 33 heavy (non-hydrogen) atoms. The Bertz CT molecular complexity index is 1100. The molecule has 0 unspecified atom stereocenters. The van der Waals surface area contributed by atoms with Crippen molar-refractivity contribution in [3.63, 3.8) is 0 Å². The molecule has 0 aliphatic rings. The summed E-state index contributed by atoms with van der Waals surface area (Å²) in [7, 11) is 4.64. The monoisotopic (exact) mass is 449 g/mol. The van der Waals surface area contributed by atoms with Crippen LogP contribution in [0.25, 0.3) is 0 Å². The van der Waals surface area contributed by atoms with E-state index in [2.05, 4.69) is 5.32 Å². The summed E-state index contributed by atoms with van der Waals surface area (Å²) < 4.78 is 21.4. The molecule has 0 atom stereocenters. The second kappa shape index (κ2) is 11.6. The number of nitrogens with one attached hydrogen (secondary N) is 1. The van der Waals surface area contributed by atoms with E-state index in [0.717, 1.165) is 11.1 Å². The highest BCUT2D eigenvalue weighted by atomic mass is 16.6. The SMILES string of the molecule is COc1ccc(CC(=O)NCCc2ccc(OC)c(OC(=O)c3ccccc3)c2)cc1OC. The van der Waals surface area contributed by atoms with Gasteiger partial charge < -0.3 is 24.3 Å². The van der Waals surface area contributed by atoms with Crippen molar-refractivity contribution in [2.75, 3.05) is 27.9 Å². The molecular formula is C26H27NO6. The minimum Gasteiger partial charge on any atom is -0.493 e. The first-order chi connectivity index (χ1) is 16.0. The second-order valence-corrected chi connectivity index (χ2v) is 7.21. The summed E-state index contributed by atoms with van der Waals surface area (Å²) in [6.45, 7) is 0.435. The van der Waals surface area contributed by atoms with Gasteiger partial charge in [-0.15, -0.1) is 0 Å². The third-order valence-electron chi connectivity index (χ3n) is 4.99. The predicted octanol–water partition coefficient (Wildman–Crippen LogP) is 3.83. The molecule has 0 aliphatic heterocycles. The fourth-order valence-corrected chi connectivity index (χ4v) is 3.27. The van der Waals surface area contributed by atoms with Gasteiger partial charge >= 0.3 is 5.97 Å². The Morgan fingerprint density at radius 1 is 0.727 bits per heavy atom. The van der Waals surface area contributed by atoms with Gasteiger partial charge in [0.05, 0.1) is 33.3 Å². The first-order valence-electron chi connectivity index (χ1n) is 10.5. The smallest absolute Gasteiger partial charge is 0.343 e. The molecule has 0 spiro atoms. The van der Waals surface area contributed by atoms with Crippen LogP contribution in [0.5, 0.6) is 23.0 Å². The van der Waals surface area contributed by atoms with Crippen LogP contribution in [0.15, 0.2) is 66.7 Å². The van der Waals surface area contributed by atoms with Crippen molar-refractivity contribution in [2.45, 2.75) is 12.8 Å². The van der Waals surface area contributed by atoms with Gasteiger partial charge in [0, 0.05) is 6.54 Å². The molecular weight excluding hydrogens is 422 g/mol. The molecule has 1 amide bonds. The van der Waals surface area contributed by atoms with Crippen LogP contribution < -0.4 is 24.3 Å². The van der Waals surface area contributed by atoms with Gasteiger partial charge in [-0.2, -0.15) is 0 Å². The van der Waals surface area contributed by atoms with E-state index >= 15 is 0 Å². The Morgan fingerprint density at radius 2 is 1.33 bits per heavy atom. The van der Waals surface area contributed by atoms with Crippen LogP contribution in [0.4, 0.5) is 0 Å². The lowest BCUT2D eigenvalue weighted by Gasteiger charge is -2.12. The van der Waals surface area contributed by atoms with E-state index in [9.17, 15) is 9.59 Å². The first-order valence-corrected chi connectivity index (χ1v) is 10.5. The molecule has 172 valence electrons. The number of carbonyl (C=O) groups excluding carboxylic acids is 2. The maximum absolute atomic E-state index is 12.4. The van der Waals surface area contributed by atoms with E-state index in [1.54, 1.807) is 62.8 Å². The molecule has 3 aromatic carbocycles. The van der Waals surface area contributed by atoms with E-state index < -0.39 is 5.97 Å². The Morgan fingerprint density at radius 3 is 2.00 bits per heavy atom. The van der Waals surface area contributed by atoms with E-state index in [1.165, 1.54) is 7.11 Å². The zero-order valence-electron chi connectivity index (χ0n) is 18.9. The molecule has 0 aromatic heterocycles. The topological polar surface area (TPSA) is 83.1 Å². The van der Waals surface area contributed by atoms with Crippen molar-refractivity contribution >= 4 is 11.9 Å². The Kier molecular flexibility index (Phi) is 8.30. The van der Waals surface area contributed by atoms with E-state index in [-0.39, 0.29) is 12.3 Å². The van der Waals surface area contributed by atoms with Crippen LogP contribution in [0, 0.1) is 0 Å². The summed E-state index contributed by atoms with van der Waals surface area (Å²) in [6.07, 6.45) is 0.792. The quantitative estimate of drug-likeness (QED) is 0.374. The summed E-state index contributed by atoms with van der Waals surface area (Å²) in [5.74, 6) is 1.42. The number of hydrogen-bond donors (Lipinski definition) is 1. The van der Waals surface area contributed by atoms with Crippen LogP contribution in [0.3, 0.4) is 0 Å². The Labute approximate surface area is 193 Å². The van der Waals surface area contributed by atoms with Gasteiger partial charge in [0.1, 0.15) is 0 Å². The van der Waals surface area contributed by atoms with E-state index in [1.807, 2.05) is 18.2 Å². The van der Waals surface area contributed by atoms with Gasteiger partial charge in [-0.05, 0) is 53.9 Å². The molecule has 3 aromatic rings. The van der Waals surface area contributed by atoms with Crippen molar-refractivity contribution in [1.82, 2.24) is 5.32 Å². The Hall–Kier alpha value is -4.00. The number of benzene rings is 3. The highest BCUT2D eigenvalue weighted by Crippen LogP contribution is 2.29. The molecule has 0 radical (unpaired) electrons.